The van der Waals surface area contributed by atoms with Crippen molar-refractivity contribution in [2.45, 2.75) is 65.5 Å². The first-order valence-electron chi connectivity index (χ1n) is 6.25. The predicted octanol–water partition coefficient (Wildman–Crippen LogP) is 3.11. The fourth-order valence-corrected chi connectivity index (χ4v) is 1.19. The molecule has 0 aromatic rings. The van der Waals surface area contributed by atoms with E-state index in [1.165, 1.54) is 0 Å². The summed E-state index contributed by atoms with van der Waals surface area (Å²) in [5, 5.41) is 2.80. The second-order valence-corrected chi connectivity index (χ2v) is 5.92. The molecule has 0 radical (unpaired) electrons. The summed E-state index contributed by atoms with van der Waals surface area (Å²) in [6.45, 7) is 12.7. The van der Waals surface area contributed by atoms with Crippen molar-refractivity contribution >= 4 is 6.09 Å². The van der Waals surface area contributed by atoms with Crippen LogP contribution in [0.5, 0.6) is 0 Å². The van der Waals surface area contributed by atoms with Crippen molar-refractivity contribution < 1.29 is 14.3 Å². The first-order valence-corrected chi connectivity index (χ1v) is 6.25. The van der Waals surface area contributed by atoms with Gasteiger partial charge < -0.3 is 14.8 Å². The molecule has 4 heteroatoms. The first kappa shape index (κ1) is 16.2. The molecule has 0 saturated heterocycles. The molecule has 1 N–H and O–H groups in total. The summed E-state index contributed by atoms with van der Waals surface area (Å²) in [6, 6.07) is 0. The van der Waals surface area contributed by atoms with Crippen molar-refractivity contribution in [3.05, 3.63) is 0 Å². The summed E-state index contributed by atoms with van der Waals surface area (Å²) in [7, 11) is 0. The van der Waals surface area contributed by atoms with Gasteiger partial charge in [0.15, 0.2) is 0 Å². The zero-order valence-electron chi connectivity index (χ0n) is 12.1. The lowest BCUT2D eigenvalue weighted by Crippen LogP contribution is -2.48. The van der Waals surface area contributed by atoms with E-state index in [0.717, 1.165) is 19.4 Å². The molecule has 17 heavy (non-hydrogen) atoms. The molecular weight excluding hydrogens is 218 g/mol. The minimum absolute atomic E-state index is 0.401. The van der Waals surface area contributed by atoms with Gasteiger partial charge in [-0.15, -0.1) is 0 Å². The number of alkyl carbamates (subject to hydrolysis) is 1. The standard InChI is InChI=1S/C13H27NO3/c1-7-8-9-16-10-13(5,6)14-11(15)17-12(2,3)4/h7-10H2,1-6H3,(H,14,15). The molecule has 0 saturated carbocycles. The maximum absolute atomic E-state index is 11.6. The normalized spacial score (nSPS) is 12.4. The van der Waals surface area contributed by atoms with Crippen LogP contribution in [-0.4, -0.2) is 30.4 Å². The van der Waals surface area contributed by atoms with E-state index in [9.17, 15) is 4.79 Å². The van der Waals surface area contributed by atoms with Crippen molar-refractivity contribution in [2.24, 2.45) is 0 Å². The number of amides is 1. The van der Waals surface area contributed by atoms with E-state index in [1.807, 2.05) is 34.6 Å². The number of carbonyl (C=O) groups is 1. The zero-order valence-corrected chi connectivity index (χ0v) is 12.1. The van der Waals surface area contributed by atoms with Crippen LogP contribution in [0.2, 0.25) is 0 Å². The molecule has 0 heterocycles. The number of ether oxygens (including phenoxy) is 2. The lowest BCUT2D eigenvalue weighted by atomic mass is 10.1. The van der Waals surface area contributed by atoms with Gasteiger partial charge in [-0.2, -0.15) is 0 Å². The highest BCUT2D eigenvalue weighted by atomic mass is 16.6. The van der Waals surface area contributed by atoms with Crippen molar-refractivity contribution in [1.82, 2.24) is 5.32 Å². The average molecular weight is 245 g/mol. The third-order valence-corrected chi connectivity index (χ3v) is 1.94. The van der Waals surface area contributed by atoms with Crippen molar-refractivity contribution in [3.63, 3.8) is 0 Å². The smallest absolute Gasteiger partial charge is 0.408 e. The Morgan fingerprint density at radius 1 is 1.18 bits per heavy atom. The SMILES string of the molecule is CCCCOCC(C)(C)NC(=O)OC(C)(C)C. The van der Waals surface area contributed by atoms with E-state index >= 15 is 0 Å². The van der Waals surface area contributed by atoms with Gasteiger partial charge in [0.05, 0.1) is 12.1 Å². The largest absolute Gasteiger partial charge is 0.444 e. The molecule has 0 aromatic carbocycles. The maximum atomic E-state index is 11.6. The van der Waals surface area contributed by atoms with Crippen LogP contribution in [0.4, 0.5) is 4.79 Å². The third kappa shape index (κ3) is 10.1. The van der Waals surface area contributed by atoms with Crippen LogP contribution in [0, 0.1) is 0 Å². The van der Waals surface area contributed by atoms with Gasteiger partial charge in [0.2, 0.25) is 0 Å². The Morgan fingerprint density at radius 2 is 1.76 bits per heavy atom. The van der Waals surface area contributed by atoms with Gasteiger partial charge in [0, 0.05) is 6.61 Å². The topological polar surface area (TPSA) is 47.6 Å². The molecule has 0 aliphatic rings. The Hall–Kier alpha value is -0.770. The monoisotopic (exact) mass is 245 g/mol. The van der Waals surface area contributed by atoms with Crippen molar-refractivity contribution in [1.29, 1.82) is 0 Å². The summed E-state index contributed by atoms with van der Waals surface area (Å²) >= 11 is 0. The van der Waals surface area contributed by atoms with E-state index in [-0.39, 0.29) is 0 Å². The van der Waals surface area contributed by atoms with E-state index in [1.54, 1.807) is 0 Å². The van der Waals surface area contributed by atoms with Crippen molar-refractivity contribution in [2.75, 3.05) is 13.2 Å². The van der Waals surface area contributed by atoms with Gasteiger partial charge in [-0.1, -0.05) is 13.3 Å². The predicted molar refractivity (Wildman–Crippen MR) is 69.2 cm³/mol. The molecule has 102 valence electrons. The molecule has 0 unspecified atom stereocenters. The van der Waals surface area contributed by atoms with Crippen LogP contribution in [0.1, 0.15) is 54.4 Å². The van der Waals surface area contributed by atoms with E-state index in [4.69, 9.17) is 9.47 Å². The van der Waals surface area contributed by atoms with Crippen LogP contribution < -0.4 is 5.32 Å². The third-order valence-electron chi connectivity index (χ3n) is 1.94. The van der Waals surface area contributed by atoms with Crippen LogP contribution in [0.3, 0.4) is 0 Å². The molecule has 0 aliphatic heterocycles. The van der Waals surface area contributed by atoms with Crippen LogP contribution in [0.25, 0.3) is 0 Å². The van der Waals surface area contributed by atoms with Gasteiger partial charge in [0.1, 0.15) is 5.60 Å². The fourth-order valence-electron chi connectivity index (χ4n) is 1.19. The molecule has 0 rings (SSSR count). The van der Waals surface area contributed by atoms with Gasteiger partial charge in [-0.05, 0) is 41.0 Å². The molecule has 4 nitrogen and oxygen atoms in total. The van der Waals surface area contributed by atoms with Gasteiger partial charge >= 0.3 is 6.09 Å². The quantitative estimate of drug-likeness (QED) is 0.731. The minimum atomic E-state index is -0.469. The number of rotatable bonds is 6. The Kier molecular flexibility index (Phi) is 6.53. The summed E-state index contributed by atoms with van der Waals surface area (Å²) in [5.41, 5.74) is -0.876. The first-order chi connectivity index (χ1) is 7.66. The van der Waals surface area contributed by atoms with E-state index in [2.05, 4.69) is 12.2 Å². The summed E-state index contributed by atoms with van der Waals surface area (Å²) in [6.07, 6.45) is 1.75. The average Bonchev–Trinajstić information content (AvgIpc) is 2.08. The summed E-state index contributed by atoms with van der Waals surface area (Å²) in [4.78, 5) is 11.6. The molecule has 0 bridgehead atoms. The Labute approximate surface area is 105 Å². The second kappa shape index (κ2) is 6.84. The molecule has 0 aliphatic carbocycles. The molecule has 0 fully saturated rings. The zero-order chi connectivity index (χ0) is 13.5. The lowest BCUT2D eigenvalue weighted by Gasteiger charge is -2.28. The fraction of sp³-hybridized carbons (Fsp3) is 0.923. The van der Waals surface area contributed by atoms with Crippen LogP contribution in [-0.2, 0) is 9.47 Å². The van der Waals surface area contributed by atoms with Gasteiger partial charge in [-0.25, -0.2) is 4.79 Å². The highest BCUT2D eigenvalue weighted by molar-refractivity contribution is 5.68. The Morgan fingerprint density at radius 3 is 2.24 bits per heavy atom. The molecule has 0 aromatic heterocycles. The van der Waals surface area contributed by atoms with Crippen LogP contribution >= 0.6 is 0 Å². The number of hydrogen-bond donors (Lipinski definition) is 1. The maximum Gasteiger partial charge on any atom is 0.408 e. The number of unbranched alkanes of at least 4 members (excludes halogenated alkanes) is 1. The minimum Gasteiger partial charge on any atom is -0.444 e. The summed E-state index contributed by atoms with van der Waals surface area (Å²) in [5.74, 6) is 0. The summed E-state index contributed by atoms with van der Waals surface area (Å²) < 4.78 is 10.7. The highest BCUT2D eigenvalue weighted by Gasteiger charge is 2.24. The highest BCUT2D eigenvalue weighted by Crippen LogP contribution is 2.09. The molecule has 0 atom stereocenters. The van der Waals surface area contributed by atoms with Gasteiger partial charge in [-0.3, -0.25) is 0 Å². The Bertz CT molecular complexity index is 231. The van der Waals surface area contributed by atoms with Gasteiger partial charge in [0.25, 0.3) is 0 Å². The molecular formula is C13H27NO3. The number of hydrogen-bond acceptors (Lipinski definition) is 3. The van der Waals surface area contributed by atoms with Crippen molar-refractivity contribution in [3.8, 4) is 0 Å². The Balaban J connectivity index is 3.94. The molecule has 1 amide bonds. The molecule has 0 spiro atoms. The number of nitrogens with one attached hydrogen (secondary N) is 1. The van der Waals surface area contributed by atoms with Crippen LogP contribution in [0.15, 0.2) is 0 Å². The van der Waals surface area contributed by atoms with E-state index in [0.29, 0.717) is 6.61 Å². The second-order valence-electron chi connectivity index (χ2n) is 5.92. The number of carbonyl (C=O) groups excluding carboxylic acids is 1. The van der Waals surface area contributed by atoms with E-state index < -0.39 is 17.2 Å². The lowest BCUT2D eigenvalue weighted by molar-refractivity contribution is 0.0344.